The molecule has 1 heterocycles. The second kappa shape index (κ2) is 12.7. The lowest BCUT2D eigenvalue weighted by molar-refractivity contribution is -0.122. The van der Waals surface area contributed by atoms with Gasteiger partial charge in [0.2, 0.25) is 5.91 Å². The van der Waals surface area contributed by atoms with E-state index in [-0.39, 0.29) is 35.6 Å². The van der Waals surface area contributed by atoms with Gasteiger partial charge >= 0.3 is 6.03 Å². The number of hydrogen-bond donors (Lipinski definition) is 3. The third-order valence-electron chi connectivity index (χ3n) is 6.95. The van der Waals surface area contributed by atoms with Gasteiger partial charge in [0.15, 0.2) is 0 Å². The SMILES string of the molecule is O=C(Nc1cccc(F)c1)NC1CCN(CCCCCNC(=O)[C@@H]2C[C@H]2c2ccc(Cl)c(Cl)c2)CC1. The minimum atomic E-state index is -0.375. The summed E-state index contributed by atoms with van der Waals surface area (Å²) in [4.78, 5) is 27.0. The number of nitrogens with zero attached hydrogens (tertiary/aromatic N) is 1. The molecule has 0 spiro atoms. The summed E-state index contributed by atoms with van der Waals surface area (Å²) in [5, 5.41) is 9.81. The highest BCUT2D eigenvalue weighted by Crippen LogP contribution is 2.48. The number of halogens is 3. The highest BCUT2D eigenvalue weighted by Gasteiger charge is 2.43. The molecule has 9 heteroatoms. The van der Waals surface area contributed by atoms with Crippen LogP contribution < -0.4 is 16.0 Å². The molecule has 2 aliphatic rings. The standard InChI is InChI=1S/C27H33Cl2FN4O2/c28-24-8-7-18(15-25(24)29)22-17-23(22)26(35)31-11-2-1-3-12-34-13-9-20(10-14-34)32-27(36)33-21-6-4-5-19(30)16-21/h4-8,15-16,20,22-23H,1-3,9-14,17H2,(H,31,35)(H2,32,33,36)/t22-,23+/m0/s1. The number of unbranched alkanes of at least 4 members (excludes halogenated alkanes) is 2. The summed E-state index contributed by atoms with van der Waals surface area (Å²) in [7, 11) is 0. The molecule has 6 nitrogen and oxygen atoms in total. The molecule has 2 aromatic carbocycles. The molecule has 0 bridgehead atoms. The first kappa shape index (κ1) is 26.7. The zero-order valence-electron chi connectivity index (χ0n) is 20.2. The van der Waals surface area contributed by atoms with Crippen molar-refractivity contribution in [2.75, 3.05) is 31.5 Å². The Kier molecular flexibility index (Phi) is 9.46. The van der Waals surface area contributed by atoms with Crippen LogP contribution in [0.2, 0.25) is 10.0 Å². The number of amides is 3. The molecule has 194 valence electrons. The van der Waals surface area contributed by atoms with Gasteiger partial charge in [-0.3, -0.25) is 4.79 Å². The van der Waals surface area contributed by atoms with Gasteiger partial charge in [-0.2, -0.15) is 0 Å². The Morgan fingerprint density at radius 1 is 1.00 bits per heavy atom. The van der Waals surface area contributed by atoms with E-state index in [2.05, 4.69) is 20.9 Å². The molecule has 3 N–H and O–H groups in total. The summed E-state index contributed by atoms with van der Waals surface area (Å²) in [6.07, 6.45) is 5.77. The number of carbonyl (C=O) groups excluding carboxylic acids is 2. The van der Waals surface area contributed by atoms with Gasteiger partial charge in [-0.1, -0.05) is 41.8 Å². The number of carbonyl (C=O) groups is 2. The van der Waals surface area contributed by atoms with Crippen molar-refractivity contribution in [1.29, 1.82) is 0 Å². The molecule has 0 radical (unpaired) electrons. The first-order chi connectivity index (χ1) is 17.4. The zero-order chi connectivity index (χ0) is 25.5. The molecule has 1 saturated carbocycles. The molecule has 4 rings (SSSR count). The van der Waals surface area contributed by atoms with E-state index in [0.717, 1.165) is 63.7 Å². The maximum Gasteiger partial charge on any atom is 0.319 e. The van der Waals surface area contributed by atoms with E-state index in [1.54, 1.807) is 18.2 Å². The van der Waals surface area contributed by atoms with Gasteiger partial charge in [0, 0.05) is 37.3 Å². The van der Waals surface area contributed by atoms with Gasteiger partial charge in [0.05, 0.1) is 10.0 Å². The summed E-state index contributed by atoms with van der Waals surface area (Å²) < 4.78 is 13.3. The van der Waals surface area contributed by atoms with E-state index in [1.807, 2.05) is 12.1 Å². The molecule has 2 fully saturated rings. The zero-order valence-corrected chi connectivity index (χ0v) is 21.8. The van der Waals surface area contributed by atoms with Crippen LogP contribution in [-0.2, 0) is 4.79 Å². The Labute approximate surface area is 221 Å². The van der Waals surface area contributed by atoms with Gasteiger partial charge in [0.25, 0.3) is 0 Å². The molecule has 1 aliphatic heterocycles. The molecule has 3 amide bonds. The molecule has 36 heavy (non-hydrogen) atoms. The minimum absolute atomic E-state index is 0.0353. The van der Waals surface area contributed by atoms with Crippen LogP contribution in [0.5, 0.6) is 0 Å². The average molecular weight is 535 g/mol. The first-order valence-corrected chi connectivity index (χ1v) is 13.4. The van der Waals surface area contributed by atoms with Crippen molar-refractivity contribution in [1.82, 2.24) is 15.5 Å². The molecule has 2 atom stereocenters. The van der Waals surface area contributed by atoms with E-state index < -0.39 is 0 Å². The fourth-order valence-electron chi connectivity index (χ4n) is 4.80. The van der Waals surface area contributed by atoms with E-state index in [1.165, 1.54) is 12.1 Å². The predicted octanol–water partition coefficient (Wildman–Crippen LogP) is 5.81. The summed E-state index contributed by atoms with van der Waals surface area (Å²) >= 11 is 12.1. The van der Waals surface area contributed by atoms with Gasteiger partial charge in [-0.15, -0.1) is 0 Å². The van der Waals surface area contributed by atoms with Crippen LogP contribution in [0, 0.1) is 11.7 Å². The van der Waals surface area contributed by atoms with Crippen LogP contribution >= 0.6 is 23.2 Å². The summed E-state index contributed by atoms with van der Waals surface area (Å²) in [5.41, 5.74) is 1.53. The fourth-order valence-corrected chi connectivity index (χ4v) is 5.10. The number of hydrogen-bond acceptors (Lipinski definition) is 3. The molecule has 1 aliphatic carbocycles. The molecule has 0 unspecified atom stereocenters. The minimum Gasteiger partial charge on any atom is -0.356 e. The van der Waals surface area contributed by atoms with Crippen LogP contribution in [0.4, 0.5) is 14.9 Å². The Bertz CT molecular complexity index is 1060. The number of nitrogens with one attached hydrogen (secondary N) is 3. The van der Waals surface area contributed by atoms with Crippen molar-refractivity contribution in [3.05, 3.63) is 63.9 Å². The quantitative estimate of drug-likeness (QED) is 0.337. The maximum absolute atomic E-state index is 13.3. The lowest BCUT2D eigenvalue weighted by atomic mass is 10.0. The van der Waals surface area contributed by atoms with Crippen LogP contribution in [0.3, 0.4) is 0 Å². The Hall–Kier alpha value is -2.35. The molecule has 0 aromatic heterocycles. The Morgan fingerprint density at radius 3 is 2.56 bits per heavy atom. The topological polar surface area (TPSA) is 73.5 Å². The van der Waals surface area contributed by atoms with Crippen molar-refractivity contribution >= 4 is 40.8 Å². The van der Waals surface area contributed by atoms with E-state index in [4.69, 9.17) is 23.2 Å². The van der Waals surface area contributed by atoms with Crippen LogP contribution in [-0.4, -0.2) is 49.1 Å². The van der Waals surface area contributed by atoms with Crippen molar-refractivity contribution in [3.8, 4) is 0 Å². The van der Waals surface area contributed by atoms with Crippen LogP contribution in [0.25, 0.3) is 0 Å². The molecule has 1 saturated heterocycles. The Morgan fingerprint density at radius 2 is 1.81 bits per heavy atom. The Balaban J connectivity index is 1.03. The third kappa shape index (κ3) is 7.82. The summed E-state index contributed by atoms with van der Waals surface area (Å²) in [5.74, 6) is 0.0275. The largest absolute Gasteiger partial charge is 0.356 e. The number of piperidine rings is 1. The predicted molar refractivity (Wildman–Crippen MR) is 142 cm³/mol. The maximum atomic E-state index is 13.3. The van der Waals surface area contributed by atoms with Crippen molar-refractivity contribution in [2.24, 2.45) is 5.92 Å². The smallest absolute Gasteiger partial charge is 0.319 e. The number of benzene rings is 2. The number of anilines is 1. The van der Waals surface area contributed by atoms with Gasteiger partial charge in [0.1, 0.15) is 5.82 Å². The lowest BCUT2D eigenvalue weighted by Crippen LogP contribution is -2.46. The highest BCUT2D eigenvalue weighted by atomic mass is 35.5. The highest BCUT2D eigenvalue weighted by molar-refractivity contribution is 6.42. The number of likely N-dealkylation sites (tertiary alicyclic amines) is 1. The van der Waals surface area contributed by atoms with Gasteiger partial charge < -0.3 is 20.9 Å². The number of urea groups is 1. The normalized spacial score (nSPS) is 20.1. The fraction of sp³-hybridized carbons (Fsp3) is 0.481. The second-order valence-corrected chi connectivity index (χ2v) is 10.5. The number of rotatable bonds is 10. The summed E-state index contributed by atoms with van der Waals surface area (Å²) in [6, 6.07) is 11.3. The monoisotopic (exact) mass is 534 g/mol. The lowest BCUT2D eigenvalue weighted by Gasteiger charge is -2.32. The van der Waals surface area contributed by atoms with E-state index >= 15 is 0 Å². The van der Waals surface area contributed by atoms with E-state index in [9.17, 15) is 14.0 Å². The first-order valence-electron chi connectivity index (χ1n) is 12.7. The van der Waals surface area contributed by atoms with Gasteiger partial charge in [-0.05, 0) is 80.5 Å². The molecular formula is C27H33Cl2FN4O2. The molecule has 2 aromatic rings. The van der Waals surface area contributed by atoms with Gasteiger partial charge in [-0.25, -0.2) is 9.18 Å². The third-order valence-corrected chi connectivity index (χ3v) is 7.69. The summed E-state index contributed by atoms with van der Waals surface area (Å²) in [6.45, 7) is 3.62. The van der Waals surface area contributed by atoms with Crippen molar-refractivity contribution in [3.63, 3.8) is 0 Å². The average Bonchev–Trinajstić information content (AvgIpc) is 3.65. The van der Waals surface area contributed by atoms with Crippen LogP contribution in [0.1, 0.15) is 50.0 Å². The van der Waals surface area contributed by atoms with Crippen molar-refractivity contribution < 1.29 is 14.0 Å². The van der Waals surface area contributed by atoms with E-state index in [0.29, 0.717) is 22.3 Å². The second-order valence-electron chi connectivity index (χ2n) is 9.70. The molecular weight excluding hydrogens is 502 g/mol. The van der Waals surface area contributed by atoms with Crippen LogP contribution in [0.15, 0.2) is 42.5 Å². The van der Waals surface area contributed by atoms with Crippen molar-refractivity contribution in [2.45, 2.75) is 50.5 Å².